The van der Waals surface area contributed by atoms with Crippen LogP contribution in [-0.2, 0) is 9.59 Å². The van der Waals surface area contributed by atoms with E-state index in [4.69, 9.17) is 5.73 Å². The summed E-state index contributed by atoms with van der Waals surface area (Å²) in [6.07, 6.45) is 6.49. The minimum Gasteiger partial charge on any atom is -0.328 e. The predicted molar refractivity (Wildman–Crippen MR) is 72.1 cm³/mol. The second kappa shape index (κ2) is 4.58. The van der Waals surface area contributed by atoms with Gasteiger partial charge in [0, 0.05) is 18.4 Å². The first-order valence-electron chi connectivity index (χ1n) is 7.65. The average molecular weight is 264 g/mol. The number of hydrogen-bond donors (Lipinski definition) is 1. The summed E-state index contributed by atoms with van der Waals surface area (Å²) in [6.45, 7) is 2.67. The van der Waals surface area contributed by atoms with Crippen molar-refractivity contribution in [3.8, 4) is 0 Å². The maximum Gasteiger partial charge on any atom is 0.232 e. The molecule has 106 valence electrons. The molecule has 2 saturated carbocycles. The first-order valence-corrected chi connectivity index (χ1v) is 7.65. The Morgan fingerprint density at radius 2 is 1.63 bits per heavy atom. The molecule has 2 unspecified atom stereocenters. The van der Waals surface area contributed by atoms with E-state index >= 15 is 0 Å². The van der Waals surface area contributed by atoms with Crippen LogP contribution >= 0.6 is 0 Å². The minimum absolute atomic E-state index is 0.0683. The molecule has 4 nitrogen and oxygen atoms in total. The monoisotopic (exact) mass is 264 g/mol. The van der Waals surface area contributed by atoms with Crippen molar-refractivity contribution < 1.29 is 9.59 Å². The Morgan fingerprint density at radius 3 is 2.11 bits per heavy atom. The van der Waals surface area contributed by atoms with Crippen molar-refractivity contribution in [2.75, 3.05) is 6.54 Å². The van der Waals surface area contributed by atoms with Gasteiger partial charge in [0.25, 0.3) is 0 Å². The SMILES string of the molecule is CC1CCC(CN)(N2C(=O)C3CCC(C3)C2=O)CC1. The summed E-state index contributed by atoms with van der Waals surface area (Å²) in [5.41, 5.74) is 5.63. The van der Waals surface area contributed by atoms with Gasteiger partial charge in [-0.25, -0.2) is 0 Å². The van der Waals surface area contributed by atoms with Gasteiger partial charge in [0.2, 0.25) is 11.8 Å². The summed E-state index contributed by atoms with van der Waals surface area (Å²) in [4.78, 5) is 26.8. The van der Waals surface area contributed by atoms with Gasteiger partial charge < -0.3 is 5.73 Å². The van der Waals surface area contributed by atoms with Crippen LogP contribution in [0.15, 0.2) is 0 Å². The standard InChI is InChI=1S/C15H24N2O2/c1-10-4-6-15(9-16,7-5-10)17-13(18)11-2-3-12(8-11)14(17)19/h10-12H,2-9,16H2,1H3. The number of fused-ring (bicyclic) bond motifs is 2. The molecule has 2 atom stereocenters. The Bertz CT molecular complexity index is 377. The third-order valence-electron chi connectivity index (χ3n) is 5.63. The minimum atomic E-state index is -0.373. The van der Waals surface area contributed by atoms with Crippen molar-refractivity contribution >= 4 is 11.8 Å². The van der Waals surface area contributed by atoms with Crippen LogP contribution in [0.4, 0.5) is 0 Å². The molecule has 0 aromatic heterocycles. The van der Waals surface area contributed by atoms with Crippen LogP contribution in [-0.4, -0.2) is 28.8 Å². The Labute approximate surface area is 114 Å². The van der Waals surface area contributed by atoms with Gasteiger partial charge in [-0.2, -0.15) is 0 Å². The first kappa shape index (κ1) is 13.1. The number of likely N-dealkylation sites (tertiary alicyclic amines) is 1. The Hall–Kier alpha value is -0.900. The van der Waals surface area contributed by atoms with E-state index in [1.54, 1.807) is 4.90 Å². The number of rotatable bonds is 2. The molecule has 1 saturated heterocycles. The van der Waals surface area contributed by atoms with E-state index in [2.05, 4.69) is 6.92 Å². The van der Waals surface area contributed by atoms with Crippen LogP contribution < -0.4 is 5.73 Å². The summed E-state index contributed by atoms with van der Waals surface area (Å²) >= 11 is 0. The summed E-state index contributed by atoms with van der Waals surface area (Å²) in [5, 5.41) is 0. The summed E-state index contributed by atoms with van der Waals surface area (Å²) < 4.78 is 0. The van der Waals surface area contributed by atoms with Gasteiger partial charge in [0.1, 0.15) is 0 Å². The smallest absolute Gasteiger partial charge is 0.232 e. The lowest BCUT2D eigenvalue weighted by Gasteiger charge is -2.48. The number of amides is 2. The van der Waals surface area contributed by atoms with Gasteiger partial charge >= 0.3 is 0 Å². The van der Waals surface area contributed by atoms with Crippen LogP contribution in [0.2, 0.25) is 0 Å². The highest BCUT2D eigenvalue weighted by Gasteiger charge is 2.53. The van der Waals surface area contributed by atoms with Crippen molar-refractivity contribution in [3.63, 3.8) is 0 Å². The van der Waals surface area contributed by atoms with E-state index in [0.29, 0.717) is 12.5 Å². The number of carbonyl (C=O) groups excluding carboxylic acids is 2. The predicted octanol–water partition coefficient (Wildman–Crippen LogP) is 1.68. The molecule has 2 aliphatic carbocycles. The quantitative estimate of drug-likeness (QED) is 0.772. The summed E-state index contributed by atoms with van der Waals surface area (Å²) in [5.74, 6) is 1.000. The fourth-order valence-corrected chi connectivity index (χ4v) is 4.19. The third kappa shape index (κ3) is 1.92. The molecule has 2 bridgehead atoms. The van der Waals surface area contributed by atoms with Crippen LogP contribution in [0, 0.1) is 17.8 Å². The number of carbonyl (C=O) groups is 2. The summed E-state index contributed by atoms with van der Waals surface area (Å²) in [6, 6.07) is 0. The topological polar surface area (TPSA) is 63.4 Å². The molecule has 3 rings (SSSR count). The van der Waals surface area contributed by atoms with Crippen LogP contribution in [0.25, 0.3) is 0 Å². The van der Waals surface area contributed by atoms with Crippen molar-refractivity contribution in [2.45, 2.75) is 57.4 Å². The lowest BCUT2D eigenvalue weighted by atomic mass is 9.74. The van der Waals surface area contributed by atoms with Gasteiger partial charge in [0.15, 0.2) is 0 Å². The van der Waals surface area contributed by atoms with Crippen LogP contribution in [0.5, 0.6) is 0 Å². The number of nitrogens with two attached hydrogens (primary N) is 1. The van der Waals surface area contributed by atoms with Crippen molar-refractivity contribution in [1.29, 1.82) is 0 Å². The normalized spacial score (nSPS) is 42.8. The molecular weight excluding hydrogens is 240 g/mol. The number of nitrogens with zero attached hydrogens (tertiary/aromatic N) is 1. The fourth-order valence-electron chi connectivity index (χ4n) is 4.19. The highest BCUT2D eigenvalue weighted by molar-refractivity contribution is 6.01. The molecule has 0 aromatic carbocycles. The lowest BCUT2D eigenvalue weighted by molar-refractivity contribution is -0.162. The molecule has 4 heteroatoms. The lowest BCUT2D eigenvalue weighted by Crippen LogP contribution is -2.63. The van der Waals surface area contributed by atoms with E-state index < -0.39 is 0 Å². The highest BCUT2D eigenvalue weighted by atomic mass is 16.2. The zero-order chi connectivity index (χ0) is 13.6. The molecule has 1 aliphatic heterocycles. The van der Waals surface area contributed by atoms with Gasteiger partial charge in [-0.15, -0.1) is 0 Å². The van der Waals surface area contributed by atoms with E-state index in [-0.39, 0.29) is 29.2 Å². The van der Waals surface area contributed by atoms with E-state index in [1.165, 1.54) is 0 Å². The van der Waals surface area contributed by atoms with Gasteiger partial charge in [-0.3, -0.25) is 14.5 Å². The van der Waals surface area contributed by atoms with Crippen LogP contribution in [0.1, 0.15) is 51.9 Å². The largest absolute Gasteiger partial charge is 0.328 e. The van der Waals surface area contributed by atoms with E-state index in [9.17, 15) is 9.59 Å². The van der Waals surface area contributed by atoms with Crippen LogP contribution in [0.3, 0.4) is 0 Å². The Morgan fingerprint density at radius 1 is 1.11 bits per heavy atom. The van der Waals surface area contributed by atoms with E-state index in [1.807, 2.05) is 0 Å². The molecular formula is C15H24N2O2. The molecule has 1 heterocycles. The molecule has 3 fully saturated rings. The van der Waals surface area contributed by atoms with Gasteiger partial charge in [-0.1, -0.05) is 6.92 Å². The van der Waals surface area contributed by atoms with Crippen molar-refractivity contribution in [3.05, 3.63) is 0 Å². The molecule has 0 radical (unpaired) electrons. The number of piperidine rings is 1. The van der Waals surface area contributed by atoms with Crippen molar-refractivity contribution in [2.24, 2.45) is 23.5 Å². The van der Waals surface area contributed by atoms with E-state index in [0.717, 1.165) is 44.9 Å². The first-order chi connectivity index (χ1) is 9.07. The molecule has 3 aliphatic rings. The average Bonchev–Trinajstić information content (AvgIpc) is 2.86. The van der Waals surface area contributed by atoms with Gasteiger partial charge in [-0.05, 0) is 50.9 Å². The summed E-state index contributed by atoms with van der Waals surface area (Å²) in [7, 11) is 0. The second-order valence-electron chi connectivity index (χ2n) is 6.83. The molecule has 0 spiro atoms. The Kier molecular flexibility index (Phi) is 3.16. The second-order valence-corrected chi connectivity index (χ2v) is 6.83. The molecule has 2 amide bonds. The third-order valence-corrected chi connectivity index (χ3v) is 5.63. The van der Waals surface area contributed by atoms with Gasteiger partial charge in [0.05, 0.1) is 5.54 Å². The fraction of sp³-hybridized carbons (Fsp3) is 0.867. The number of hydrogen-bond acceptors (Lipinski definition) is 3. The molecule has 19 heavy (non-hydrogen) atoms. The molecule has 2 N–H and O–H groups in total. The zero-order valence-corrected chi connectivity index (χ0v) is 11.7. The number of imide groups is 1. The highest BCUT2D eigenvalue weighted by Crippen LogP contribution is 2.44. The maximum absolute atomic E-state index is 12.6. The molecule has 0 aromatic rings. The zero-order valence-electron chi connectivity index (χ0n) is 11.7. The van der Waals surface area contributed by atoms with Crippen molar-refractivity contribution in [1.82, 2.24) is 4.90 Å². The maximum atomic E-state index is 12.6. The Balaban J connectivity index is 1.90.